The van der Waals surface area contributed by atoms with Crippen molar-refractivity contribution >= 4 is 9.84 Å². The van der Waals surface area contributed by atoms with Crippen molar-refractivity contribution in [1.29, 1.82) is 0 Å². The number of aromatic hydroxyl groups is 1. The smallest absolute Gasteiger partial charge is 0.238 e. The molecule has 0 saturated carbocycles. The molecule has 0 aliphatic carbocycles. The largest absolute Gasteiger partial charge is 0.508 e. The highest BCUT2D eigenvalue weighted by atomic mass is 32.2. The van der Waals surface area contributed by atoms with Gasteiger partial charge < -0.3 is 9.84 Å². The maximum absolute atomic E-state index is 11.5. The monoisotopic (exact) mass is 265 g/mol. The molecule has 0 amide bonds. The van der Waals surface area contributed by atoms with E-state index in [9.17, 15) is 8.42 Å². The molecule has 6 heteroatoms. The molecule has 0 atom stereocenters. The number of sulfone groups is 1. The first-order valence-corrected chi connectivity index (χ1v) is 6.98. The molecule has 2 aromatic rings. The molecular formula is C12H11NO4S. The van der Waals surface area contributed by atoms with Crippen LogP contribution in [0.4, 0.5) is 0 Å². The fourth-order valence-corrected chi connectivity index (χ4v) is 2.10. The van der Waals surface area contributed by atoms with E-state index < -0.39 is 9.84 Å². The van der Waals surface area contributed by atoms with Gasteiger partial charge >= 0.3 is 0 Å². The normalized spacial score (nSPS) is 11.2. The average Bonchev–Trinajstić information content (AvgIpc) is 2.31. The molecule has 0 radical (unpaired) electrons. The maximum Gasteiger partial charge on any atom is 0.238 e. The van der Waals surface area contributed by atoms with E-state index in [0.717, 1.165) is 6.26 Å². The molecule has 1 aromatic carbocycles. The SMILES string of the molecule is CS(=O)(=O)c1cccnc1Oc1ccc(O)cc1. The van der Waals surface area contributed by atoms with E-state index in [1.807, 2.05) is 0 Å². The Kier molecular flexibility index (Phi) is 3.20. The summed E-state index contributed by atoms with van der Waals surface area (Å²) in [6, 6.07) is 8.89. The third-order valence-corrected chi connectivity index (χ3v) is 3.30. The molecule has 1 aromatic heterocycles. The Morgan fingerprint density at radius 2 is 1.83 bits per heavy atom. The van der Waals surface area contributed by atoms with Gasteiger partial charge in [0.05, 0.1) is 0 Å². The van der Waals surface area contributed by atoms with Crippen LogP contribution < -0.4 is 4.74 Å². The molecule has 0 aliphatic heterocycles. The van der Waals surface area contributed by atoms with Crippen molar-refractivity contribution in [2.75, 3.05) is 6.26 Å². The van der Waals surface area contributed by atoms with Crippen molar-refractivity contribution in [3.05, 3.63) is 42.6 Å². The number of ether oxygens (including phenoxy) is 1. The Balaban J connectivity index is 2.38. The van der Waals surface area contributed by atoms with Gasteiger partial charge in [-0.05, 0) is 36.4 Å². The number of aromatic nitrogens is 1. The van der Waals surface area contributed by atoms with Crippen LogP contribution in [0.1, 0.15) is 0 Å². The van der Waals surface area contributed by atoms with Crippen molar-refractivity contribution in [2.45, 2.75) is 4.90 Å². The van der Waals surface area contributed by atoms with Gasteiger partial charge in [0.1, 0.15) is 16.4 Å². The van der Waals surface area contributed by atoms with Crippen LogP contribution in [0.3, 0.4) is 0 Å². The zero-order valence-electron chi connectivity index (χ0n) is 9.57. The summed E-state index contributed by atoms with van der Waals surface area (Å²) in [6.07, 6.45) is 2.54. The van der Waals surface area contributed by atoms with Gasteiger partial charge in [-0.25, -0.2) is 13.4 Å². The molecule has 0 spiro atoms. The maximum atomic E-state index is 11.5. The van der Waals surface area contributed by atoms with E-state index >= 15 is 0 Å². The van der Waals surface area contributed by atoms with Gasteiger partial charge in [0, 0.05) is 12.5 Å². The molecular weight excluding hydrogens is 254 g/mol. The quantitative estimate of drug-likeness (QED) is 0.918. The lowest BCUT2D eigenvalue weighted by atomic mass is 10.3. The minimum atomic E-state index is -3.40. The predicted molar refractivity (Wildman–Crippen MR) is 65.5 cm³/mol. The molecule has 0 unspecified atom stereocenters. The first-order chi connectivity index (χ1) is 8.47. The standard InChI is InChI=1S/C12H11NO4S/c1-18(15,16)11-3-2-8-13-12(11)17-10-6-4-9(14)5-7-10/h2-8,14H,1H3. The summed E-state index contributed by atoms with van der Waals surface area (Å²) in [7, 11) is -3.40. The number of rotatable bonds is 3. The van der Waals surface area contributed by atoms with Crippen molar-refractivity contribution in [3.63, 3.8) is 0 Å². The van der Waals surface area contributed by atoms with E-state index in [1.54, 1.807) is 0 Å². The second-order valence-electron chi connectivity index (χ2n) is 3.67. The summed E-state index contributed by atoms with van der Waals surface area (Å²) in [5, 5.41) is 9.14. The Hall–Kier alpha value is -2.08. The molecule has 5 nitrogen and oxygen atoms in total. The van der Waals surface area contributed by atoms with Crippen molar-refractivity contribution in [1.82, 2.24) is 4.98 Å². The minimum absolute atomic E-state index is 0.0192. The molecule has 18 heavy (non-hydrogen) atoms. The topological polar surface area (TPSA) is 76.5 Å². The first kappa shape index (κ1) is 12.4. The zero-order chi connectivity index (χ0) is 13.2. The van der Waals surface area contributed by atoms with E-state index in [0.29, 0.717) is 5.75 Å². The second-order valence-corrected chi connectivity index (χ2v) is 5.66. The second kappa shape index (κ2) is 4.66. The van der Waals surface area contributed by atoms with E-state index in [-0.39, 0.29) is 16.5 Å². The van der Waals surface area contributed by atoms with Gasteiger partial charge in [-0.15, -0.1) is 0 Å². The molecule has 1 N–H and O–H groups in total. The van der Waals surface area contributed by atoms with E-state index in [2.05, 4.69) is 4.98 Å². The minimum Gasteiger partial charge on any atom is -0.508 e. The highest BCUT2D eigenvalue weighted by molar-refractivity contribution is 7.90. The molecule has 94 valence electrons. The molecule has 0 saturated heterocycles. The molecule has 0 fully saturated rings. The molecule has 2 rings (SSSR count). The first-order valence-electron chi connectivity index (χ1n) is 5.09. The number of pyridine rings is 1. The summed E-state index contributed by atoms with van der Waals surface area (Å²) < 4.78 is 28.5. The van der Waals surface area contributed by atoms with Gasteiger partial charge in [-0.3, -0.25) is 0 Å². The highest BCUT2D eigenvalue weighted by Gasteiger charge is 2.15. The fourth-order valence-electron chi connectivity index (χ4n) is 1.36. The van der Waals surface area contributed by atoms with Crippen molar-refractivity contribution in [2.24, 2.45) is 0 Å². The van der Waals surface area contributed by atoms with E-state index in [4.69, 9.17) is 9.84 Å². The summed E-state index contributed by atoms with van der Waals surface area (Å²) in [4.78, 5) is 3.92. The molecule has 1 heterocycles. The third-order valence-electron chi connectivity index (χ3n) is 2.19. The highest BCUT2D eigenvalue weighted by Crippen LogP contribution is 2.27. The van der Waals surface area contributed by atoms with Gasteiger partial charge in [-0.2, -0.15) is 0 Å². The number of hydrogen-bond donors (Lipinski definition) is 1. The average molecular weight is 265 g/mol. The van der Waals surface area contributed by atoms with Crippen LogP contribution >= 0.6 is 0 Å². The van der Waals surface area contributed by atoms with E-state index in [1.165, 1.54) is 42.6 Å². The van der Waals surface area contributed by atoms with Gasteiger partial charge in [0.15, 0.2) is 9.84 Å². The van der Waals surface area contributed by atoms with Gasteiger partial charge in [0.25, 0.3) is 0 Å². The number of phenolic OH excluding ortho intramolecular Hbond substituents is 1. The lowest BCUT2D eigenvalue weighted by molar-refractivity contribution is 0.442. The lowest BCUT2D eigenvalue weighted by Gasteiger charge is -2.08. The number of hydrogen-bond acceptors (Lipinski definition) is 5. The number of nitrogens with zero attached hydrogens (tertiary/aromatic N) is 1. The van der Waals surface area contributed by atoms with Crippen LogP contribution in [-0.2, 0) is 9.84 Å². The van der Waals surface area contributed by atoms with Gasteiger partial charge in [-0.1, -0.05) is 0 Å². The van der Waals surface area contributed by atoms with Crippen LogP contribution in [0.15, 0.2) is 47.5 Å². The number of benzene rings is 1. The van der Waals surface area contributed by atoms with Crippen LogP contribution in [0, 0.1) is 0 Å². The Labute approximate surface area is 105 Å². The Morgan fingerprint density at radius 3 is 2.44 bits per heavy atom. The molecule has 0 bridgehead atoms. The molecule has 0 aliphatic rings. The van der Waals surface area contributed by atoms with Crippen LogP contribution in [0.25, 0.3) is 0 Å². The predicted octanol–water partition coefficient (Wildman–Crippen LogP) is 1.98. The summed E-state index contributed by atoms with van der Waals surface area (Å²) in [6.45, 7) is 0. The van der Waals surface area contributed by atoms with Gasteiger partial charge in [0.2, 0.25) is 5.88 Å². The Morgan fingerprint density at radius 1 is 1.17 bits per heavy atom. The van der Waals surface area contributed by atoms with Crippen molar-refractivity contribution < 1.29 is 18.3 Å². The third kappa shape index (κ3) is 2.78. The summed E-state index contributed by atoms with van der Waals surface area (Å²) >= 11 is 0. The van der Waals surface area contributed by atoms with Crippen molar-refractivity contribution in [3.8, 4) is 17.4 Å². The fraction of sp³-hybridized carbons (Fsp3) is 0.0833. The van der Waals surface area contributed by atoms with Crippen LogP contribution in [-0.4, -0.2) is 24.8 Å². The number of phenols is 1. The lowest BCUT2D eigenvalue weighted by Crippen LogP contribution is -2.01. The zero-order valence-corrected chi connectivity index (χ0v) is 10.4. The van der Waals surface area contributed by atoms with Crippen LogP contribution in [0.5, 0.6) is 17.4 Å². The Bertz CT molecular complexity index is 650. The van der Waals surface area contributed by atoms with Crippen LogP contribution in [0.2, 0.25) is 0 Å². The summed E-state index contributed by atoms with van der Waals surface area (Å²) in [5.74, 6) is 0.522. The summed E-state index contributed by atoms with van der Waals surface area (Å²) in [5.41, 5.74) is 0.